The molecule has 27 heavy (non-hydrogen) atoms. The van der Waals surface area contributed by atoms with E-state index in [0.29, 0.717) is 17.3 Å². The third-order valence-corrected chi connectivity index (χ3v) is 5.48. The van der Waals surface area contributed by atoms with Crippen molar-refractivity contribution in [2.24, 2.45) is 0 Å². The molecule has 0 radical (unpaired) electrons. The number of aryl methyl sites for hydroxylation is 1. The molecule has 4 rings (SSSR count). The molecule has 2 heterocycles. The van der Waals surface area contributed by atoms with E-state index in [1.54, 1.807) is 23.5 Å². The maximum Gasteiger partial charge on any atom is 0.235 e. The number of hydrogen-bond acceptors (Lipinski definition) is 5. The first-order valence-corrected chi connectivity index (χ1v) is 9.59. The van der Waals surface area contributed by atoms with E-state index in [4.69, 9.17) is 4.52 Å². The molecule has 0 aliphatic rings. The van der Waals surface area contributed by atoms with Crippen molar-refractivity contribution in [3.05, 3.63) is 93.5 Å². The fourth-order valence-electron chi connectivity index (χ4n) is 2.96. The number of aldehydes is 1. The summed E-state index contributed by atoms with van der Waals surface area (Å²) in [6.45, 7) is 2.08. The lowest BCUT2D eigenvalue weighted by atomic mass is 9.97. The summed E-state index contributed by atoms with van der Waals surface area (Å²) in [5.41, 5.74) is 3.92. The monoisotopic (exact) mass is 374 g/mol. The first-order valence-electron chi connectivity index (χ1n) is 8.71. The smallest absolute Gasteiger partial charge is 0.235 e. The molecular weight excluding hydrogens is 356 g/mol. The summed E-state index contributed by atoms with van der Waals surface area (Å²) in [4.78, 5) is 16.7. The molecule has 0 aliphatic heterocycles. The molecule has 2 aromatic carbocycles. The predicted molar refractivity (Wildman–Crippen MR) is 106 cm³/mol. The van der Waals surface area contributed by atoms with E-state index in [1.807, 2.05) is 18.2 Å². The van der Waals surface area contributed by atoms with Gasteiger partial charge in [0, 0.05) is 16.0 Å². The SMILES string of the molecule is Cc1ccc(CC(c2nc(-c3ccc(C=O)cc3)no2)c2cccs2)cc1. The number of hydrogen-bond donors (Lipinski definition) is 0. The second-order valence-electron chi connectivity index (χ2n) is 6.45. The van der Waals surface area contributed by atoms with Crippen LogP contribution in [0.25, 0.3) is 11.4 Å². The highest BCUT2D eigenvalue weighted by Crippen LogP contribution is 2.32. The van der Waals surface area contributed by atoms with Crippen LogP contribution in [0.3, 0.4) is 0 Å². The second-order valence-corrected chi connectivity index (χ2v) is 7.43. The molecule has 4 aromatic rings. The minimum Gasteiger partial charge on any atom is -0.338 e. The Balaban J connectivity index is 1.65. The topological polar surface area (TPSA) is 56.0 Å². The molecule has 1 atom stereocenters. The maximum atomic E-state index is 10.8. The molecule has 2 aromatic heterocycles. The van der Waals surface area contributed by atoms with E-state index in [-0.39, 0.29) is 5.92 Å². The summed E-state index contributed by atoms with van der Waals surface area (Å²) in [6, 6.07) is 19.8. The third-order valence-electron chi connectivity index (χ3n) is 4.49. The summed E-state index contributed by atoms with van der Waals surface area (Å²) < 4.78 is 5.63. The Kier molecular flexibility index (Phi) is 4.94. The number of aromatic nitrogens is 2. The Hall–Kier alpha value is -3.05. The molecule has 0 amide bonds. The minimum atomic E-state index is 0.0169. The van der Waals surface area contributed by atoms with Crippen molar-refractivity contribution in [3.8, 4) is 11.4 Å². The van der Waals surface area contributed by atoms with Gasteiger partial charge in [-0.05, 0) is 30.4 Å². The Morgan fingerprint density at radius 3 is 2.52 bits per heavy atom. The lowest BCUT2D eigenvalue weighted by Crippen LogP contribution is -2.04. The summed E-state index contributed by atoms with van der Waals surface area (Å²) in [5.74, 6) is 1.16. The number of benzene rings is 2. The second kappa shape index (κ2) is 7.68. The van der Waals surface area contributed by atoms with Crippen molar-refractivity contribution >= 4 is 17.6 Å². The molecule has 0 saturated heterocycles. The molecule has 0 spiro atoms. The van der Waals surface area contributed by atoms with Crippen LogP contribution in [0.5, 0.6) is 0 Å². The molecule has 0 saturated carbocycles. The van der Waals surface area contributed by atoms with Gasteiger partial charge >= 0.3 is 0 Å². The Morgan fingerprint density at radius 2 is 1.85 bits per heavy atom. The van der Waals surface area contributed by atoms with Crippen LogP contribution in [0.15, 0.2) is 70.6 Å². The zero-order chi connectivity index (χ0) is 18.6. The van der Waals surface area contributed by atoms with Gasteiger partial charge in [-0.3, -0.25) is 4.79 Å². The van der Waals surface area contributed by atoms with E-state index in [0.717, 1.165) is 18.3 Å². The summed E-state index contributed by atoms with van der Waals surface area (Å²) in [6.07, 6.45) is 1.62. The van der Waals surface area contributed by atoms with Crippen LogP contribution < -0.4 is 0 Å². The van der Waals surface area contributed by atoms with Crippen LogP contribution >= 0.6 is 11.3 Å². The van der Waals surface area contributed by atoms with Gasteiger partial charge in [-0.1, -0.05) is 65.3 Å². The third kappa shape index (κ3) is 3.88. The first-order chi connectivity index (χ1) is 13.2. The standard InChI is InChI=1S/C22H18N2O2S/c1-15-4-6-16(7-5-15)13-19(20-3-2-12-27-20)22-23-21(24-26-22)18-10-8-17(14-25)9-11-18/h2-12,14,19H,13H2,1H3. The van der Waals surface area contributed by atoms with Crippen LogP contribution in [-0.2, 0) is 6.42 Å². The van der Waals surface area contributed by atoms with Gasteiger partial charge in [0.1, 0.15) is 6.29 Å². The molecule has 1 unspecified atom stereocenters. The van der Waals surface area contributed by atoms with E-state index in [1.165, 1.54) is 16.0 Å². The van der Waals surface area contributed by atoms with Crippen molar-refractivity contribution in [1.29, 1.82) is 0 Å². The number of nitrogens with zero attached hydrogens (tertiary/aromatic N) is 2. The van der Waals surface area contributed by atoms with Crippen LogP contribution in [0.1, 0.15) is 38.2 Å². The highest BCUT2D eigenvalue weighted by molar-refractivity contribution is 7.10. The lowest BCUT2D eigenvalue weighted by molar-refractivity contribution is 0.112. The summed E-state index contributed by atoms with van der Waals surface area (Å²) in [7, 11) is 0. The fourth-order valence-corrected chi connectivity index (χ4v) is 3.78. The van der Waals surface area contributed by atoms with E-state index < -0.39 is 0 Å². The number of carbonyl (C=O) groups excluding carboxylic acids is 1. The van der Waals surface area contributed by atoms with Crippen molar-refractivity contribution in [2.75, 3.05) is 0 Å². The Bertz CT molecular complexity index is 1020. The van der Waals surface area contributed by atoms with Crippen molar-refractivity contribution in [3.63, 3.8) is 0 Å². The van der Waals surface area contributed by atoms with Gasteiger partial charge in [0.05, 0.1) is 5.92 Å². The van der Waals surface area contributed by atoms with Gasteiger partial charge in [-0.2, -0.15) is 4.98 Å². The molecule has 4 nitrogen and oxygen atoms in total. The van der Waals surface area contributed by atoms with E-state index in [2.05, 4.69) is 52.8 Å². The van der Waals surface area contributed by atoms with Crippen LogP contribution in [-0.4, -0.2) is 16.4 Å². The van der Waals surface area contributed by atoms with Crippen molar-refractivity contribution < 1.29 is 9.32 Å². The zero-order valence-corrected chi connectivity index (χ0v) is 15.6. The fraction of sp³-hybridized carbons (Fsp3) is 0.136. The van der Waals surface area contributed by atoms with Gasteiger partial charge in [0.2, 0.25) is 11.7 Å². The lowest BCUT2D eigenvalue weighted by Gasteiger charge is -2.11. The Labute approximate surface area is 161 Å². The van der Waals surface area contributed by atoms with Gasteiger partial charge in [0.25, 0.3) is 0 Å². The molecule has 0 fully saturated rings. The maximum absolute atomic E-state index is 10.8. The molecule has 134 valence electrons. The number of carbonyl (C=O) groups is 1. The van der Waals surface area contributed by atoms with E-state index >= 15 is 0 Å². The molecule has 0 N–H and O–H groups in total. The molecule has 0 aliphatic carbocycles. The first kappa shape index (κ1) is 17.4. The average molecular weight is 374 g/mol. The molecule has 0 bridgehead atoms. The largest absolute Gasteiger partial charge is 0.338 e. The summed E-state index contributed by atoms with van der Waals surface area (Å²) in [5, 5.41) is 6.22. The predicted octanol–water partition coefficient (Wildman–Crippen LogP) is 5.29. The summed E-state index contributed by atoms with van der Waals surface area (Å²) >= 11 is 1.69. The van der Waals surface area contributed by atoms with Gasteiger partial charge in [-0.15, -0.1) is 11.3 Å². The quantitative estimate of drug-likeness (QED) is 0.430. The highest BCUT2D eigenvalue weighted by Gasteiger charge is 2.23. The normalized spacial score (nSPS) is 12.0. The number of thiophene rings is 1. The minimum absolute atomic E-state index is 0.0169. The van der Waals surface area contributed by atoms with Crippen molar-refractivity contribution in [2.45, 2.75) is 19.3 Å². The number of rotatable bonds is 6. The van der Waals surface area contributed by atoms with Gasteiger partial charge in [0.15, 0.2) is 0 Å². The van der Waals surface area contributed by atoms with Gasteiger partial charge in [-0.25, -0.2) is 0 Å². The molecule has 5 heteroatoms. The zero-order valence-electron chi connectivity index (χ0n) is 14.8. The molecular formula is C22H18N2O2S. The van der Waals surface area contributed by atoms with Crippen LogP contribution in [0.2, 0.25) is 0 Å². The van der Waals surface area contributed by atoms with Crippen molar-refractivity contribution in [1.82, 2.24) is 10.1 Å². The average Bonchev–Trinajstić information content (AvgIpc) is 3.40. The Morgan fingerprint density at radius 1 is 1.07 bits per heavy atom. The van der Waals surface area contributed by atoms with Crippen LogP contribution in [0, 0.1) is 6.92 Å². The van der Waals surface area contributed by atoms with E-state index in [9.17, 15) is 4.79 Å². The van der Waals surface area contributed by atoms with Crippen LogP contribution in [0.4, 0.5) is 0 Å². The highest BCUT2D eigenvalue weighted by atomic mass is 32.1. The van der Waals surface area contributed by atoms with Gasteiger partial charge < -0.3 is 4.52 Å².